The fourth-order valence-electron chi connectivity index (χ4n) is 1.25. The van der Waals surface area contributed by atoms with Crippen LogP contribution in [0.5, 0.6) is 0 Å². The largest absolute Gasteiger partial charge is 0.363 e. The van der Waals surface area contributed by atoms with E-state index in [1.54, 1.807) is 0 Å². The Bertz CT molecular complexity index is 421. The molecule has 7 heteroatoms. The summed E-state index contributed by atoms with van der Waals surface area (Å²) in [5.41, 5.74) is 0.0927. The van der Waals surface area contributed by atoms with Gasteiger partial charge in [0.2, 0.25) is 0 Å². The first-order chi connectivity index (χ1) is 6.25. The maximum absolute atomic E-state index is 11.1. The molecule has 0 aromatic carbocycles. The maximum atomic E-state index is 11.1. The standard InChI is InChI=1S/C7H9NO5S/c1-4(9)3-6-5(2)8(7(6)10)14(11,12)13/h3,5H,1-2H3,(H,11,12,13)/b6-3-. The first kappa shape index (κ1) is 10.9. The van der Waals surface area contributed by atoms with Gasteiger partial charge >= 0.3 is 10.3 Å². The Morgan fingerprint density at radius 1 is 1.57 bits per heavy atom. The molecular weight excluding hydrogens is 210 g/mol. The molecule has 1 amide bonds. The molecule has 1 unspecified atom stereocenters. The molecule has 0 aromatic rings. The van der Waals surface area contributed by atoms with Crippen molar-refractivity contribution in [2.75, 3.05) is 0 Å². The minimum Gasteiger partial charge on any atom is -0.295 e. The monoisotopic (exact) mass is 219 g/mol. The highest BCUT2D eigenvalue weighted by atomic mass is 32.2. The number of allylic oxidation sites excluding steroid dienone is 1. The van der Waals surface area contributed by atoms with Crippen molar-refractivity contribution in [1.29, 1.82) is 0 Å². The van der Waals surface area contributed by atoms with Crippen LogP contribution < -0.4 is 0 Å². The summed E-state index contributed by atoms with van der Waals surface area (Å²) < 4.78 is 30.1. The summed E-state index contributed by atoms with van der Waals surface area (Å²) in [7, 11) is -4.50. The van der Waals surface area contributed by atoms with Crippen molar-refractivity contribution in [3.05, 3.63) is 11.6 Å². The van der Waals surface area contributed by atoms with Gasteiger partial charge in [-0.2, -0.15) is 8.42 Å². The smallest absolute Gasteiger partial charge is 0.295 e. The van der Waals surface area contributed by atoms with E-state index in [9.17, 15) is 18.0 Å². The van der Waals surface area contributed by atoms with Crippen molar-refractivity contribution in [3.63, 3.8) is 0 Å². The van der Waals surface area contributed by atoms with Crippen LogP contribution in [-0.4, -0.2) is 35.0 Å². The highest BCUT2D eigenvalue weighted by molar-refractivity contribution is 7.84. The lowest BCUT2D eigenvalue weighted by molar-refractivity contribution is -0.130. The predicted molar refractivity (Wildman–Crippen MR) is 46.6 cm³/mol. The second kappa shape index (κ2) is 3.18. The number of rotatable bonds is 2. The Hall–Kier alpha value is -1.21. The van der Waals surface area contributed by atoms with Crippen LogP contribution in [0, 0.1) is 0 Å². The summed E-state index contributed by atoms with van der Waals surface area (Å²) in [6.45, 7) is 2.66. The third-order valence-corrected chi connectivity index (χ3v) is 2.84. The molecular formula is C7H9NO5S. The van der Waals surface area contributed by atoms with Gasteiger partial charge in [0.1, 0.15) is 0 Å². The van der Waals surface area contributed by atoms with Crippen LogP contribution in [0.4, 0.5) is 0 Å². The molecule has 0 bridgehead atoms. The summed E-state index contributed by atoms with van der Waals surface area (Å²) in [6, 6.07) is -0.776. The molecule has 0 aliphatic carbocycles. The van der Waals surface area contributed by atoms with Crippen molar-refractivity contribution in [1.82, 2.24) is 4.31 Å². The number of amides is 1. The topological polar surface area (TPSA) is 91.8 Å². The first-order valence-corrected chi connectivity index (χ1v) is 5.18. The lowest BCUT2D eigenvalue weighted by Crippen LogP contribution is -2.56. The summed E-state index contributed by atoms with van der Waals surface area (Å²) in [5, 5.41) is 0. The highest BCUT2D eigenvalue weighted by Crippen LogP contribution is 2.27. The van der Waals surface area contributed by atoms with Crippen LogP contribution in [0.3, 0.4) is 0 Å². The van der Waals surface area contributed by atoms with Crippen LogP contribution in [0.15, 0.2) is 11.6 Å². The summed E-state index contributed by atoms with van der Waals surface area (Å²) >= 11 is 0. The van der Waals surface area contributed by atoms with E-state index in [1.807, 2.05) is 0 Å². The quantitative estimate of drug-likeness (QED) is 0.385. The fourth-order valence-corrected chi connectivity index (χ4v) is 2.08. The van der Waals surface area contributed by atoms with Gasteiger partial charge in [-0.05, 0) is 19.9 Å². The van der Waals surface area contributed by atoms with E-state index in [-0.39, 0.29) is 11.4 Å². The van der Waals surface area contributed by atoms with E-state index in [0.29, 0.717) is 4.31 Å². The second-order valence-electron chi connectivity index (χ2n) is 2.97. The van der Waals surface area contributed by atoms with Gasteiger partial charge in [0.25, 0.3) is 5.91 Å². The maximum Gasteiger partial charge on any atom is 0.363 e. The summed E-state index contributed by atoms with van der Waals surface area (Å²) in [5.74, 6) is -1.19. The summed E-state index contributed by atoms with van der Waals surface area (Å²) in [4.78, 5) is 21.8. The van der Waals surface area contributed by atoms with Gasteiger partial charge in [0, 0.05) is 5.57 Å². The van der Waals surface area contributed by atoms with Gasteiger partial charge in [-0.15, -0.1) is 0 Å². The number of carbonyl (C=O) groups is 2. The molecule has 0 spiro atoms. The van der Waals surface area contributed by atoms with Crippen LogP contribution in [-0.2, 0) is 19.9 Å². The van der Waals surface area contributed by atoms with Crippen molar-refractivity contribution in [2.24, 2.45) is 0 Å². The third-order valence-electron chi connectivity index (χ3n) is 1.86. The van der Waals surface area contributed by atoms with E-state index in [1.165, 1.54) is 13.8 Å². The number of hydrogen-bond acceptors (Lipinski definition) is 4. The van der Waals surface area contributed by atoms with E-state index in [4.69, 9.17) is 4.55 Å². The molecule has 1 heterocycles. The van der Waals surface area contributed by atoms with E-state index in [2.05, 4.69) is 0 Å². The van der Waals surface area contributed by atoms with Gasteiger partial charge in [0.15, 0.2) is 5.78 Å². The molecule has 1 rings (SSSR count). The van der Waals surface area contributed by atoms with E-state index < -0.39 is 22.3 Å². The second-order valence-corrected chi connectivity index (χ2v) is 4.25. The molecule has 6 nitrogen and oxygen atoms in total. The fraction of sp³-hybridized carbons (Fsp3) is 0.429. The lowest BCUT2D eigenvalue weighted by atomic mass is 9.99. The van der Waals surface area contributed by atoms with Gasteiger partial charge in [-0.25, -0.2) is 4.31 Å². The Morgan fingerprint density at radius 3 is 2.36 bits per heavy atom. The SMILES string of the molecule is CC(=O)/C=C1\C(=O)N(S(=O)(=O)O)C1C. The minimum absolute atomic E-state index is 0.0927. The minimum atomic E-state index is -4.50. The van der Waals surface area contributed by atoms with Crippen LogP contribution in [0.2, 0.25) is 0 Å². The van der Waals surface area contributed by atoms with Crippen LogP contribution >= 0.6 is 0 Å². The molecule has 0 radical (unpaired) electrons. The van der Waals surface area contributed by atoms with Crippen molar-refractivity contribution >= 4 is 22.0 Å². The Morgan fingerprint density at radius 2 is 2.07 bits per heavy atom. The molecule has 0 aromatic heterocycles. The zero-order valence-corrected chi connectivity index (χ0v) is 8.41. The Kier molecular flexibility index (Phi) is 2.47. The average Bonchev–Trinajstić information content (AvgIpc) is 1.98. The van der Waals surface area contributed by atoms with Crippen molar-refractivity contribution in [2.45, 2.75) is 19.9 Å². The van der Waals surface area contributed by atoms with Crippen molar-refractivity contribution in [3.8, 4) is 0 Å². The van der Waals surface area contributed by atoms with Gasteiger partial charge in [-0.3, -0.25) is 14.1 Å². The molecule has 0 saturated carbocycles. The molecule has 1 N–H and O–H groups in total. The third kappa shape index (κ3) is 1.68. The first-order valence-electron chi connectivity index (χ1n) is 3.78. The predicted octanol–water partition coefficient (Wildman–Crippen LogP) is -0.465. The summed E-state index contributed by atoms with van der Waals surface area (Å²) in [6.07, 6.45) is 1.06. The lowest BCUT2D eigenvalue weighted by Gasteiger charge is -2.36. The molecule has 1 fully saturated rings. The number of β-lactam (4-membered cyclic amide) rings is 1. The van der Waals surface area contributed by atoms with Crippen LogP contribution in [0.1, 0.15) is 13.8 Å². The molecule has 78 valence electrons. The molecule has 1 aliphatic rings. The van der Waals surface area contributed by atoms with Crippen molar-refractivity contribution < 1.29 is 22.6 Å². The number of nitrogens with zero attached hydrogens (tertiary/aromatic N) is 1. The van der Waals surface area contributed by atoms with Gasteiger partial charge in [0.05, 0.1) is 6.04 Å². The number of carbonyl (C=O) groups excluding carboxylic acids is 2. The molecule has 1 atom stereocenters. The molecule has 14 heavy (non-hydrogen) atoms. The molecule has 1 aliphatic heterocycles. The molecule has 1 saturated heterocycles. The van der Waals surface area contributed by atoms with Gasteiger partial charge < -0.3 is 0 Å². The normalized spacial score (nSPS) is 25.1. The zero-order valence-electron chi connectivity index (χ0n) is 7.59. The highest BCUT2D eigenvalue weighted by Gasteiger charge is 2.46. The average molecular weight is 219 g/mol. The Balaban J connectivity index is 2.98. The number of ketones is 1. The zero-order chi connectivity index (χ0) is 11.1. The number of hydrogen-bond donors (Lipinski definition) is 1. The van der Waals surface area contributed by atoms with Crippen LogP contribution in [0.25, 0.3) is 0 Å². The van der Waals surface area contributed by atoms with E-state index >= 15 is 0 Å². The van der Waals surface area contributed by atoms with E-state index in [0.717, 1.165) is 6.08 Å². The Labute approximate surface area is 81.1 Å². The van der Waals surface area contributed by atoms with Gasteiger partial charge in [-0.1, -0.05) is 0 Å².